The molecule has 26 heavy (non-hydrogen) atoms. The van der Waals surface area contributed by atoms with Crippen LogP contribution in [0.4, 0.5) is 0 Å². The van der Waals surface area contributed by atoms with Gasteiger partial charge < -0.3 is 19.9 Å². The Morgan fingerprint density at radius 1 is 1.15 bits per heavy atom. The minimum atomic E-state index is -0.735. The van der Waals surface area contributed by atoms with Gasteiger partial charge in [0.15, 0.2) is 0 Å². The average Bonchev–Trinajstić information content (AvgIpc) is 2.64. The van der Waals surface area contributed by atoms with Crippen LogP contribution in [0.1, 0.15) is 48.4 Å². The van der Waals surface area contributed by atoms with Crippen LogP contribution in [0, 0.1) is 0 Å². The fourth-order valence-electron chi connectivity index (χ4n) is 2.41. The van der Waals surface area contributed by atoms with Crippen molar-refractivity contribution in [3.8, 4) is 5.75 Å². The molecule has 5 nitrogen and oxygen atoms in total. The first-order valence-electron chi connectivity index (χ1n) is 8.62. The molecule has 1 atom stereocenters. The number of hydrogen-bond acceptors (Lipinski definition) is 5. The second-order valence-electron chi connectivity index (χ2n) is 7.17. The minimum Gasteiger partial charge on any atom is -0.488 e. The number of rotatable bonds is 7. The van der Waals surface area contributed by atoms with Gasteiger partial charge in [-0.3, -0.25) is 0 Å². The number of benzene rings is 2. The molecule has 0 aliphatic heterocycles. The third-order valence-electron chi connectivity index (χ3n) is 3.86. The molecule has 0 fully saturated rings. The standard InChI is InChI=1S/C21H27NO4/c1-21(2,3)22-13-18(23)16-10-11-19(17(12-16)20(24)25-4)26-14-15-8-6-5-7-9-15/h5-12,18,22-23H,13-14H2,1-4H3/t18-/m1/s1. The van der Waals surface area contributed by atoms with Crippen molar-refractivity contribution in [2.24, 2.45) is 0 Å². The second kappa shape index (κ2) is 8.83. The lowest BCUT2D eigenvalue weighted by atomic mass is 10.0. The van der Waals surface area contributed by atoms with Gasteiger partial charge in [-0.15, -0.1) is 0 Å². The van der Waals surface area contributed by atoms with Crippen LogP contribution in [0.2, 0.25) is 0 Å². The van der Waals surface area contributed by atoms with E-state index in [0.29, 0.717) is 30.0 Å². The third-order valence-corrected chi connectivity index (χ3v) is 3.86. The van der Waals surface area contributed by atoms with Gasteiger partial charge >= 0.3 is 5.97 Å². The van der Waals surface area contributed by atoms with Crippen LogP contribution in [0.25, 0.3) is 0 Å². The summed E-state index contributed by atoms with van der Waals surface area (Å²) in [5.41, 5.74) is 1.83. The van der Waals surface area contributed by atoms with Gasteiger partial charge in [-0.1, -0.05) is 36.4 Å². The molecule has 0 radical (unpaired) electrons. The summed E-state index contributed by atoms with van der Waals surface area (Å²) in [6.45, 7) is 6.81. The van der Waals surface area contributed by atoms with E-state index in [1.807, 2.05) is 51.1 Å². The van der Waals surface area contributed by atoms with Crippen molar-refractivity contribution in [2.45, 2.75) is 39.0 Å². The molecule has 0 aromatic heterocycles. The highest BCUT2D eigenvalue weighted by Gasteiger charge is 2.19. The van der Waals surface area contributed by atoms with E-state index < -0.39 is 12.1 Å². The highest BCUT2D eigenvalue weighted by molar-refractivity contribution is 5.92. The van der Waals surface area contributed by atoms with E-state index in [2.05, 4.69) is 5.32 Å². The molecule has 2 N–H and O–H groups in total. The number of ether oxygens (including phenoxy) is 2. The molecule has 0 amide bonds. The number of aliphatic hydroxyl groups excluding tert-OH is 1. The monoisotopic (exact) mass is 357 g/mol. The van der Waals surface area contributed by atoms with Crippen molar-refractivity contribution in [2.75, 3.05) is 13.7 Å². The zero-order chi connectivity index (χ0) is 19.2. The lowest BCUT2D eigenvalue weighted by Gasteiger charge is -2.23. The molecule has 2 aromatic carbocycles. The summed E-state index contributed by atoms with van der Waals surface area (Å²) < 4.78 is 10.7. The molecule has 0 unspecified atom stereocenters. The van der Waals surface area contributed by atoms with Crippen LogP contribution in [0.15, 0.2) is 48.5 Å². The SMILES string of the molecule is COC(=O)c1cc([C@H](O)CNC(C)(C)C)ccc1OCc1ccccc1. The highest BCUT2D eigenvalue weighted by Crippen LogP contribution is 2.25. The van der Waals surface area contributed by atoms with E-state index in [4.69, 9.17) is 9.47 Å². The number of β-amino-alcohol motifs (C(OH)–C–C–N with tert-alkyl or cyclic N) is 1. The molecule has 0 spiro atoms. The van der Waals surface area contributed by atoms with Crippen LogP contribution in [-0.2, 0) is 11.3 Å². The van der Waals surface area contributed by atoms with E-state index >= 15 is 0 Å². The Balaban J connectivity index is 2.17. The Kier molecular flexibility index (Phi) is 6.77. The zero-order valence-electron chi connectivity index (χ0n) is 15.8. The molecule has 0 aliphatic rings. The molecular formula is C21H27NO4. The van der Waals surface area contributed by atoms with E-state index in [9.17, 15) is 9.90 Å². The maximum atomic E-state index is 12.1. The summed E-state index contributed by atoms with van der Waals surface area (Å²) in [6, 6.07) is 14.8. The molecule has 5 heteroatoms. The number of nitrogens with one attached hydrogen (secondary N) is 1. The predicted molar refractivity (Wildman–Crippen MR) is 101 cm³/mol. The normalized spacial score (nSPS) is 12.5. The molecule has 2 aromatic rings. The molecule has 2 rings (SSSR count). The predicted octanol–water partition coefficient (Wildman–Crippen LogP) is 3.47. The number of carbonyl (C=O) groups excluding carboxylic acids is 1. The fourth-order valence-corrected chi connectivity index (χ4v) is 2.41. The summed E-state index contributed by atoms with van der Waals surface area (Å²) in [7, 11) is 1.33. The summed E-state index contributed by atoms with van der Waals surface area (Å²) in [5.74, 6) is -0.0636. The highest BCUT2D eigenvalue weighted by atomic mass is 16.5. The lowest BCUT2D eigenvalue weighted by Crippen LogP contribution is -2.38. The van der Waals surface area contributed by atoms with E-state index in [0.717, 1.165) is 5.56 Å². The van der Waals surface area contributed by atoms with Crippen LogP contribution < -0.4 is 10.1 Å². The van der Waals surface area contributed by atoms with Crippen molar-refractivity contribution >= 4 is 5.97 Å². The van der Waals surface area contributed by atoms with Gasteiger partial charge in [-0.25, -0.2) is 4.79 Å². The van der Waals surface area contributed by atoms with Crippen LogP contribution >= 0.6 is 0 Å². The van der Waals surface area contributed by atoms with Gasteiger partial charge in [-0.2, -0.15) is 0 Å². The minimum absolute atomic E-state index is 0.106. The first kappa shape index (κ1) is 19.9. The van der Waals surface area contributed by atoms with Crippen molar-refractivity contribution in [1.29, 1.82) is 0 Å². The van der Waals surface area contributed by atoms with Gasteiger partial charge in [0.1, 0.15) is 17.9 Å². The van der Waals surface area contributed by atoms with Gasteiger partial charge in [-0.05, 0) is 44.0 Å². The van der Waals surface area contributed by atoms with Crippen molar-refractivity contribution in [3.05, 3.63) is 65.2 Å². The number of hydrogen-bond donors (Lipinski definition) is 2. The Hall–Kier alpha value is -2.37. The molecule has 0 saturated carbocycles. The molecule has 140 valence electrons. The largest absolute Gasteiger partial charge is 0.488 e. The molecule has 0 saturated heterocycles. The molecular weight excluding hydrogens is 330 g/mol. The average molecular weight is 357 g/mol. The van der Waals surface area contributed by atoms with Crippen molar-refractivity contribution in [1.82, 2.24) is 5.32 Å². The first-order chi connectivity index (χ1) is 12.3. The third kappa shape index (κ3) is 5.86. The van der Waals surface area contributed by atoms with Gasteiger partial charge in [0, 0.05) is 12.1 Å². The topological polar surface area (TPSA) is 67.8 Å². The zero-order valence-corrected chi connectivity index (χ0v) is 15.8. The number of esters is 1. The lowest BCUT2D eigenvalue weighted by molar-refractivity contribution is 0.0595. The number of methoxy groups -OCH3 is 1. The quantitative estimate of drug-likeness (QED) is 0.743. The van der Waals surface area contributed by atoms with Crippen LogP contribution in [0.5, 0.6) is 5.75 Å². The summed E-state index contributed by atoms with van der Waals surface area (Å²) in [6.07, 6.45) is -0.735. The fraction of sp³-hybridized carbons (Fsp3) is 0.381. The van der Waals surface area contributed by atoms with Crippen LogP contribution in [-0.4, -0.2) is 30.3 Å². The summed E-state index contributed by atoms with van der Waals surface area (Å²) in [4.78, 5) is 12.1. The van der Waals surface area contributed by atoms with Gasteiger partial charge in [0.25, 0.3) is 0 Å². The first-order valence-corrected chi connectivity index (χ1v) is 8.62. The molecule has 0 aliphatic carbocycles. The van der Waals surface area contributed by atoms with E-state index in [1.165, 1.54) is 7.11 Å². The second-order valence-corrected chi connectivity index (χ2v) is 7.17. The van der Waals surface area contributed by atoms with Gasteiger partial charge in [0.2, 0.25) is 0 Å². The maximum Gasteiger partial charge on any atom is 0.341 e. The van der Waals surface area contributed by atoms with Crippen molar-refractivity contribution in [3.63, 3.8) is 0 Å². The Labute approximate surface area is 155 Å². The van der Waals surface area contributed by atoms with E-state index in [1.54, 1.807) is 18.2 Å². The number of carbonyl (C=O) groups is 1. The van der Waals surface area contributed by atoms with Crippen molar-refractivity contribution < 1.29 is 19.4 Å². The Morgan fingerprint density at radius 3 is 2.46 bits per heavy atom. The maximum absolute atomic E-state index is 12.1. The van der Waals surface area contributed by atoms with Crippen LogP contribution in [0.3, 0.4) is 0 Å². The smallest absolute Gasteiger partial charge is 0.341 e. The number of aliphatic hydroxyl groups is 1. The Morgan fingerprint density at radius 2 is 1.85 bits per heavy atom. The van der Waals surface area contributed by atoms with Gasteiger partial charge in [0.05, 0.1) is 13.2 Å². The Bertz CT molecular complexity index is 723. The molecule has 0 bridgehead atoms. The van der Waals surface area contributed by atoms with E-state index in [-0.39, 0.29) is 5.54 Å². The summed E-state index contributed by atoms with van der Waals surface area (Å²) in [5, 5.41) is 13.7. The summed E-state index contributed by atoms with van der Waals surface area (Å²) >= 11 is 0. The molecule has 0 heterocycles.